The van der Waals surface area contributed by atoms with Crippen molar-refractivity contribution in [2.45, 2.75) is 46.5 Å². The zero-order chi connectivity index (χ0) is 15.6. The molecular weight excluding hydrogens is 286 g/mol. The van der Waals surface area contributed by atoms with Gasteiger partial charge in [-0.2, -0.15) is 0 Å². The number of carboxylic acids is 1. The van der Waals surface area contributed by atoms with E-state index in [-0.39, 0.29) is 17.3 Å². The third-order valence-electron chi connectivity index (χ3n) is 4.86. The van der Waals surface area contributed by atoms with Gasteiger partial charge in [0.05, 0.1) is 10.9 Å². The maximum atomic E-state index is 11.6. The highest BCUT2D eigenvalue weighted by Crippen LogP contribution is 2.44. The van der Waals surface area contributed by atoms with Crippen LogP contribution in [0.4, 0.5) is 0 Å². The largest absolute Gasteiger partial charge is 0.481 e. The zero-order valence-electron chi connectivity index (χ0n) is 13.0. The number of halogens is 1. The van der Waals surface area contributed by atoms with Crippen molar-refractivity contribution >= 4 is 17.6 Å². The molecule has 3 atom stereocenters. The fourth-order valence-corrected chi connectivity index (χ4v) is 3.65. The standard InChI is InChI=1S/C17H24ClNO2/c1-17(2,3)13-4-5-14(16(20)21)12(9-13)8-11-6-7-19-10-15(11)18/h6-7,10,12-14H,4-5,8-9H2,1-3H3,(H,20,21). The zero-order valence-corrected chi connectivity index (χ0v) is 13.7. The van der Waals surface area contributed by atoms with Gasteiger partial charge < -0.3 is 5.11 Å². The van der Waals surface area contributed by atoms with Crippen molar-refractivity contribution in [1.29, 1.82) is 0 Å². The Balaban J connectivity index is 2.18. The number of hydrogen-bond donors (Lipinski definition) is 1. The SMILES string of the molecule is CC(C)(C)C1CCC(C(=O)O)C(Cc2ccncc2Cl)C1. The van der Waals surface area contributed by atoms with Gasteiger partial charge in [-0.05, 0) is 54.6 Å². The molecule has 1 aliphatic rings. The average molecular weight is 310 g/mol. The lowest BCUT2D eigenvalue weighted by molar-refractivity contribution is -0.146. The van der Waals surface area contributed by atoms with E-state index in [1.165, 1.54) is 0 Å². The molecule has 0 aromatic carbocycles. The molecule has 21 heavy (non-hydrogen) atoms. The molecule has 1 N–H and O–H groups in total. The van der Waals surface area contributed by atoms with E-state index in [4.69, 9.17) is 11.6 Å². The van der Waals surface area contributed by atoms with Crippen LogP contribution in [0.2, 0.25) is 5.02 Å². The molecule has 4 heteroatoms. The first-order chi connectivity index (χ1) is 9.79. The lowest BCUT2D eigenvalue weighted by atomic mass is 9.64. The Hall–Kier alpha value is -1.09. The molecule has 0 bridgehead atoms. The first kappa shape index (κ1) is 16.3. The van der Waals surface area contributed by atoms with Crippen molar-refractivity contribution in [3.63, 3.8) is 0 Å². The summed E-state index contributed by atoms with van der Waals surface area (Å²) in [6.07, 6.45) is 6.81. The van der Waals surface area contributed by atoms with Crippen molar-refractivity contribution in [3.05, 3.63) is 29.0 Å². The minimum atomic E-state index is -0.669. The number of carbonyl (C=O) groups is 1. The first-order valence-electron chi connectivity index (χ1n) is 7.60. The fourth-order valence-electron chi connectivity index (χ4n) is 3.45. The molecule has 0 aliphatic heterocycles. The maximum absolute atomic E-state index is 11.6. The second-order valence-corrected chi connectivity index (χ2v) is 7.66. The van der Waals surface area contributed by atoms with Crippen LogP contribution in [0, 0.1) is 23.2 Å². The van der Waals surface area contributed by atoms with E-state index in [2.05, 4.69) is 25.8 Å². The minimum Gasteiger partial charge on any atom is -0.481 e. The summed E-state index contributed by atoms with van der Waals surface area (Å²) in [5, 5.41) is 10.1. The fraction of sp³-hybridized carbons (Fsp3) is 0.647. The van der Waals surface area contributed by atoms with Crippen LogP contribution in [0.5, 0.6) is 0 Å². The van der Waals surface area contributed by atoms with E-state index in [0.29, 0.717) is 10.9 Å². The molecule has 1 aliphatic carbocycles. The number of rotatable bonds is 3. The Morgan fingerprint density at radius 1 is 1.43 bits per heavy atom. The van der Waals surface area contributed by atoms with Gasteiger partial charge in [-0.15, -0.1) is 0 Å². The molecule has 1 saturated carbocycles. The van der Waals surface area contributed by atoms with Crippen molar-refractivity contribution < 1.29 is 9.90 Å². The van der Waals surface area contributed by atoms with E-state index in [1.54, 1.807) is 12.4 Å². The van der Waals surface area contributed by atoms with Gasteiger partial charge in [0.1, 0.15) is 0 Å². The molecule has 3 nitrogen and oxygen atoms in total. The molecule has 3 unspecified atom stereocenters. The lowest BCUT2D eigenvalue weighted by Gasteiger charge is -2.40. The molecule has 1 aromatic heterocycles. The number of nitrogens with zero attached hydrogens (tertiary/aromatic N) is 1. The average Bonchev–Trinajstić information content (AvgIpc) is 2.40. The molecular formula is C17H24ClNO2. The summed E-state index contributed by atoms with van der Waals surface area (Å²) >= 11 is 6.19. The van der Waals surface area contributed by atoms with Gasteiger partial charge in [0.15, 0.2) is 0 Å². The minimum absolute atomic E-state index is 0.153. The predicted octanol–water partition coefficient (Wildman–Crippen LogP) is 4.44. The molecule has 116 valence electrons. The van der Waals surface area contributed by atoms with Gasteiger partial charge >= 0.3 is 5.97 Å². The van der Waals surface area contributed by atoms with Gasteiger partial charge in [-0.3, -0.25) is 9.78 Å². The van der Waals surface area contributed by atoms with Gasteiger partial charge in [0.2, 0.25) is 0 Å². The van der Waals surface area contributed by atoms with Crippen LogP contribution < -0.4 is 0 Å². The van der Waals surface area contributed by atoms with Crippen LogP contribution in [0.25, 0.3) is 0 Å². The summed E-state index contributed by atoms with van der Waals surface area (Å²) in [7, 11) is 0. The molecule has 2 rings (SSSR count). The van der Waals surface area contributed by atoms with Gasteiger partial charge in [0, 0.05) is 12.4 Å². The molecule has 1 aromatic rings. The maximum Gasteiger partial charge on any atom is 0.306 e. The molecule has 0 spiro atoms. The smallest absolute Gasteiger partial charge is 0.306 e. The molecule has 0 saturated heterocycles. The summed E-state index contributed by atoms with van der Waals surface area (Å²) in [6, 6.07) is 1.90. The lowest BCUT2D eigenvalue weighted by Crippen LogP contribution is -2.36. The third-order valence-corrected chi connectivity index (χ3v) is 5.20. The highest BCUT2D eigenvalue weighted by molar-refractivity contribution is 6.31. The molecule has 1 heterocycles. The van der Waals surface area contributed by atoms with Crippen LogP contribution in [0.15, 0.2) is 18.5 Å². The molecule has 0 amide bonds. The van der Waals surface area contributed by atoms with E-state index in [1.807, 2.05) is 6.07 Å². The topological polar surface area (TPSA) is 50.2 Å². The highest BCUT2D eigenvalue weighted by atomic mass is 35.5. The third kappa shape index (κ3) is 3.97. The van der Waals surface area contributed by atoms with Gasteiger partial charge in [-0.1, -0.05) is 32.4 Å². The van der Waals surface area contributed by atoms with E-state index < -0.39 is 5.97 Å². The number of aliphatic carboxylic acids is 1. The van der Waals surface area contributed by atoms with Crippen LogP contribution in [-0.4, -0.2) is 16.1 Å². The number of hydrogen-bond acceptors (Lipinski definition) is 2. The number of carboxylic acid groups (broad SMARTS) is 1. The monoisotopic (exact) mass is 309 g/mol. The van der Waals surface area contributed by atoms with Crippen molar-refractivity contribution in [3.8, 4) is 0 Å². The summed E-state index contributed by atoms with van der Waals surface area (Å²) in [4.78, 5) is 15.5. The predicted molar refractivity (Wildman–Crippen MR) is 84.4 cm³/mol. The Kier molecular flexibility index (Phi) is 4.92. The van der Waals surface area contributed by atoms with Crippen molar-refractivity contribution in [2.75, 3.05) is 0 Å². The van der Waals surface area contributed by atoms with Crippen LogP contribution >= 0.6 is 11.6 Å². The Morgan fingerprint density at radius 2 is 2.14 bits per heavy atom. The van der Waals surface area contributed by atoms with Crippen LogP contribution in [0.1, 0.15) is 45.6 Å². The number of aromatic nitrogens is 1. The van der Waals surface area contributed by atoms with Crippen LogP contribution in [-0.2, 0) is 11.2 Å². The normalized spacial score (nSPS) is 26.6. The number of pyridine rings is 1. The van der Waals surface area contributed by atoms with E-state index >= 15 is 0 Å². The molecule has 0 radical (unpaired) electrons. The van der Waals surface area contributed by atoms with E-state index in [0.717, 1.165) is 31.2 Å². The van der Waals surface area contributed by atoms with Crippen molar-refractivity contribution in [1.82, 2.24) is 4.98 Å². The first-order valence-corrected chi connectivity index (χ1v) is 7.98. The Labute approximate surface area is 131 Å². The second-order valence-electron chi connectivity index (χ2n) is 7.25. The van der Waals surface area contributed by atoms with Gasteiger partial charge in [0.25, 0.3) is 0 Å². The summed E-state index contributed by atoms with van der Waals surface area (Å²) < 4.78 is 0. The Bertz CT molecular complexity index is 510. The molecule has 1 fully saturated rings. The summed E-state index contributed by atoms with van der Waals surface area (Å²) in [6.45, 7) is 6.74. The van der Waals surface area contributed by atoms with Gasteiger partial charge in [-0.25, -0.2) is 0 Å². The summed E-state index contributed by atoms with van der Waals surface area (Å²) in [5.41, 5.74) is 1.24. The van der Waals surface area contributed by atoms with E-state index in [9.17, 15) is 9.90 Å². The van der Waals surface area contributed by atoms with Crippen molar-refractivity contribution in [2.24, 2.45) is 23.2 Å². The second kappa shape index (κ2) is 6.35. The quantitative estimate of drug-likeness (QED) is 0.898. The summed E-state index contributed by atoms with van der Waals surface area (Å²) in [5.74, 6) is -0.204. The van der Waals surface area contributed by atoms with Crippen LogP contribution in [0.3, 0.4) is 0 Å². The highest BCUT2D eigenvalue weighted by Gasteiger charge is 2.39. The Morgan fingerprint density at radius 3 is 2.71 bits per heavy atom.